The molecule has 1 fully saturated rings. The standard InChI is InChI=1S/C27H28F3N5O5/c1-13(2)15(12-36)31-24(37)21-19(25-33-20-16(39-3)10-7-11-17(20)40-25)26(38)35-23(32-21)18(14-8-5-4-6-9-14)22(34-35)27(28,29)30/h4-11,13,15,18,22-23,32,34,36H,12H2,1-3H3,(H,31,37)/t15-,18?,22?,23?/m1/s1. The van der Waals surface area contributed by atoms with Crippen molar-refractivity contribution in [2.24, 2.45) is 5.92 Å². The first-order valence-electron chi connectivity index (χ1n) is 12.6. The number of amides is 2. The number of oxazole rings is 1. The average Bonchev–Trinajstić information content (AvgIpc) is 3.53. The Kier molecular flexibility index (Phi) is 7.19. The van der Waals surface area contributed by atoms with Gasteiger partial charge in [-0.3, -0.25) is 9.59 Å². The second-order valence-electron chi connectivity index (χ2n) is 9.93. The third kappa shape index (κ3) is 4.75. The number of aliphatic hydroxyl groups is 1. The van der Waals surface area contributed by atoms with Crippen molar-refractivity contribution in [1.82, 2.24) is 26.1 Å². The fourth-order valence-corrected chi connectivity index (χ4v) is 5.00. The number of fused-ring (bicyclic) bond motifs is 2. The molecule has 1 aromatic heterocycles. The molecule has 1 saturated heterocycles. The summed E-state index contributed by atoms with van der Waals surface area (Å²) in [6.45, 7) is 3.18. The van der Waals surface area contributed by atoms with Gasteiger partial charge in [0, 0.05) is 0 Å². The molecular formula is C27H28F3N5O5. The Morgan fingerprint density at radius 3 is 2.55 bits per heavy atom. The molecule has 212 valence electrons. The molecule has 0 saturated carbocycles. The largest absolute Gasteiger partial charge is 0.494 e. The Balaban J connectivity index is 1.66. The van der Waals surface area contributed by atoms with Crippen LogP contribution in [0.3, 0.4) is 0 Å². The first-order valence-corrected chi connectivity index (χ1v) is 12.6. The van der Waals surface area contributed by atoms with E-state index in [0.717, 1.165) is 5.01 Å². The van der Waals surface area contributed by atoms with Gasteiger partial charge >= 0.3 is 6.18 Å². The van der Waals surface area contributed by atoms with Crippen LogP contribution in [0, 0.1) is 5.92 Å². The zero-order chi connectivity index (χ0) is 28.8. The van der Waals surface area contributed by atoms with E-state index in [1.807, 2.05) is 0 Å². The molecule has 0 radical (unpaired) electrons. The van der Waals surface area contributed by atoms with Crippen LogP contribution in [0.2, 0.25) is 0 Å². The maximum atomic E-state index is 14.3. The zero-order valence-corrected chi connectivity index (χ0v) is 21.8. The average molecular weight is 560 g/mol. The number of nitrogens with one attached hydrogen (secondary N) is 3. The van der Waals surface area contributed by atoms with Crippen LogP contribution in [0.25, 0.3) is 16.7 Å². The van der Waals surface area contributed by atoms with Gasteiger partial charge in [-0.05, 0) is 23.6 Å². The van der Waals surface area contributed by atoms with Crippen LogP contribution in [-0.4, -0.2) is 65.1 Å². The second kappa shape index (κ2) is 10.5. The number of aromatic nitrogens is 1. The molecule has 4 N–H and O–H groups in total. The number of rotatable bonds is 7. The van der Waals surface area contributed by atoms with Gasteiger partial charge in [-0.1, -0.05) is 50.2 Å². The van der Waals surface area contributed by atoms with Crippen LogP contribution < -0.4 is 20.8 Å². The number of aliphatic hydroxyl groups excluding tert-OH is 1. The first kappa shape index (κ1) is 27.5. The van der Waals surface area contributed by atoms with Gasteiger partial charge in [-0.25, -0.2) is 15.4 Å². The molecule has 0 spiro atoms. The van der Waals surface area contributed by atoms with Crippen molar-refractivity contribution in [2.75, 3.05) is 13.7 Å². The Bertz CT molecular complexity index is 1460. The lowest BCUT2D eigenvalue weighted by atomic mass is 9.88. The van der Waals surface area contributed by atoms with Crippen molar-refractivity contribution in [1.29, 1.82) is 0 Å². The van der Waals surface area contributed by atoms with Crippen LogP contribution >= 0.6 is 0 Å². The zero-order valence-electron chi connectivity index (χ0n) is 21.8. The normalized spacial score (nSPS) is 21.9. The van der Waals surface area contributed by atoms with E-state index >= 15 is 0 Å². The fourth-order valence-electron chi connectivity index (χ4n) is 5.00. The van der Waals surface area contributed by atoms with E-state index in [2.05, 4.69) is 21.0 Å². The Labute approximate surface area is 227 Å². The smallest absolute Gasteiger partial charge is 0.406 e. The summed E-state index contributed by atoms with van der Waals surface area (Å²) in [6, 6.07) is 9.98. The quantitative estimate of drug-likeness (QED) is 0.348. The molecule has 2 amide bonds. The number of para-hydroxylation sites is 1. The number of carbonyl (C=O) groups is 2. The number of hydrazine groups is 1. The monoisotopic (exact) mass is 559 g/mol. The molecule has 2 aliphatic heterocycles. The van der Waals surface area contributed by atoms with Crippen LogP contribution in [0.5, 0.6) is 5.75 Å². The van der Waals surface area contributed by atoms with Gasteiger partial charge in [0.05, 0.1) is 25.7 Å². The maximum Gasteiger partial charge on any atom is 0.406 e. The predicted octanol–water partition coefficient (Wildman–Crippen LogP) is 2.67. The lowest BCUT2D eigenvalue weighted by Crippen LogP contribution is -2.57. The van der Waals surface area contributed by atoms with Crippen molar-refractivity contribution < 1.29 is 37.0 Å². The third-order valence-corrected chi connectivity index (χ3v) is 7.13. The maximum absolute atomic E-state index is 14.3. The Morgan fingerprint density at radius 1 is 1.20 bits per heavy atom. The van der Waals surface area contributed by atoms with Crippen LogP contribution in [0.4, 0.5) is 13.2 Å². The summed E-state index contributed by atoms with van der Waals surface area (Å²) in [5, 5.41) is 16.2. The van der Waals surface area contributed by atoms with Crippen LogP contribution in [0.1, 0.15) is 31.2 Å². The third-order valence-electron chi connectivity index (χ3n) is 7.13. The second-order valence-corrected chi connectivity index (χ2v) is 9.93. The molecule has 3 unspecified atom stereocenters. The molecule has 3 aromatic rings. The molecule has 13 heteroatoms. The minimum Gasteiger partial charge on any atom is -0.494 e. The molecule has 5 rings (SSSR count). The molecule has 4 atom stereocenters. The summed E-state index contributed by atoms with van der Waals surface area (Å²) in [5.41, 5.74) is 2.46. The molecule has 0 aliphatic carbocycles. The lowest BCUT2D eigenvalue weighted by molar-refractivity contribution is -0.161. The summed E-state index contributed by atoms with van der Waals surface area (Å²) >= 11 is 0. The lowest BCUT2D eigenvalue weighted by Gasteiger charge is -2.35. The number of hydrogen-bond acceptors (Lipinski definition) is 8. The minimum absolute atomic E-state index is 0.179. The highest BCUT2D eigenvalue weighted by molar-refractivity contribution is 6.25. The van der Waals surface area contributed by atoms with E-state index in [4.69, 9.17) is 9.15 Å². The van der Waals surface area contributed by atoms with Gasteiger partial charge in [0.25, 0.3) is 11.8 Å². The van der Waals surface area contributed by atoms with Crippen LogP contribution in [-0.2, 0) is 9.59 Å². The van der Waals surface area contributed by atoms with Gasteiger partial charge in [0.15, 0.2) is 11.1 Å². The van der Waals surface area contributed by atoms with Crippen molar-refractivity contribution in [3.05, 3.63) is 65.7 Å². The molecule has 10 nitrogen and oxygen atoms in total. The number of nitrogens with zero attached hydrogens (tertiary/aromatic N) is 2. The summed E-state index contributed by atoms with van der Waals surface area (Å²) in [6.07, 6.45) is -6.01. The fraction of sp³-hybridized carbons (Fsp3) is 0.370. The Morgan fingerprint density at radius 2 is 1.93 bits per heavy atom. The topological polar surface area (TPSA) is 129 Å². The number of ether oxygens (including phenoxy) is 1. The summed E-state index contributed by atoms with van der Waals surface area (Å²) in [5.74, 6) is -3.14. The SMILES string of the molecule is COc1cccc2oc(C3=C(C(=O)N[C@H](CO)C(C)C)NC4C(c5ccccc5)C(C(F)(F)F)NN4C3=O)nc12. The molecule has 2 aromatic carbocycles. The Hall–Kier alpha value is -4.10. The van der Waals surface area contributed by atoms with E-state index in [1.165, 1.54) is 19.2 Å². The van der Waals surface area contributed by atoms with Crippen LogP contribution in [0.15, 0.2) is 58.6 Å². The molecule has 3 heterocycles. The van der Waals surface area contributed by atoms with Gasteiger partial charge in [0.2, 0.25) is 5.89 Å². The van der Waals surface area contributed by atoms with Crippen molar-refractivity contribution >= 4 is 28.5 Å². The van der Waals surface area contributed by atoms with E-state index in [9.17, 15) is 27.9 Å². The van der Waals surface area contributed by atoms with E-state index in [1.54, 1.807) is 50.2 Å². The summed E-state index contributed by atoms with van der Waals surface area (Å²) < 4.78 is 54.0. The van der Waals surface area contributed by atoms with Gasteiger partial charge < -0.3 is 24.9 Å². The number of benzene rings is 2. The van der Waals surface area contributed by atoms with Gasteiger partial charge in [0.1, 0.15) is 29.2 Å². The minimum atomic E-state index is -4.73. The molecule has 2 aliphatic rings. The highest BCUT2D eigenvalue weighted by Crippen LogP contribution is 2.43. The number of methoxy groups -OCH3 is 1. The highest BCUT2D eigenvalue weighted by atomic mass is 19.4. The van der Waals surface area contributed by atoms with E-state index < -0.39 is 42.2 Å². The van der Waals surface area contributed by atoms with Crippen molar-refractivity contribution in [3.8, 4) is 5.75 Å². The summed E-state index contributed by atoms with van der Waals surface area (Å²) in [7, 11) is 1.43. The highest BCUT2D eigenvalue weighted by Gasteiger charge is 2.58. The van der Waals surface area contributed by atoms with Gasteiger partial charge in [-0.15, -0.1) is 0 Å². The molecular weight excluding hydrogens is 531 g/mol. The first-order chi connectivity index (χ1) is 19.0. The molecule has 0 bridgehead atoms. The number of alkyl halides is 3. The number of halogens is 3. The van der Waals surface area contributed by atoms with Crippen molar-refractivity contribution in [3.63, 3.8) is 0 Å². The molecule has 40 heavy (non-hydrogen) atoms. The van der Waals surface area contributed by atoms with E-state index in [-0.39, 0.29) is 40.8 Å². The van der Waals surface area contributed by atoms with Gasteiger partial charge in [-0.2, -0.15) is 13.2 Å². The number of carbonyl (C=O) groups excluding carboxylic acids is 2. The number of hydrogen-bond donors (Lipinski definition) is 4. The van der Waals surface area contributed by atoms with E-state index in [0.29, 0.717) is 11.3 Å². The van der Waals surface area contributed by atoms with Crippen molar-refractivity contribution in [2.45, 2.75) is 44.2 Å². The summed E-state index contributed by atoms with van der Waals surface area (Å²) in [4.78, 5) is 31.9. The predicted molar refractivity (Wildman–Crippen MR) is 137 cm³/mol.